The highest BCUT2D eigenvalue weighted by molar-refractivity contribution is 5.95. The van der Waals surface area contributed by atoms with Crippen molar-refractivity contribution >= 4 is 11.6 Å². The summed E-state index contributed by atoms with van der Waals surface area (Å²) < 4.78 is 5.27. The molecule has 2 aromatic rings. The summed E-state index contributed by atoms with van der Waals surface area (Å²) in [5.74, 6) is 1.10. The molecule has 0 radical (unpaired) electrons. The van der Waals surface area contributed by atoms with Crippen LogP contribution in [0.2, 0.25) is 0 Å². The average Bonchev–Trinajstić information content (AvgIpc) is 2.78. The Morgan fingerprint density at radius 3 is 2.26 bits per heavy atom. The molecule has 5 heterocycles. The summed E-state index contributed by atoms with van der Waals surface area (Å²) >= 11 is 0. The molecule has 0 spiro atoms. The van der Waals surface area contributed by atoms with Gasteiger partial charge in [-0.1, -0.05) is 33.8 Å². The molecule has 1 amide bonds. The van der Waals surface area contributed by atoms with Crippen LogP contribution in [-0.2, 0) is 22.5 Å². The minimum absolute atomic E-state index is 0.151. The number of hydrogen-bond acceptors (Lipinski definition) is 6. The van der Waals surface area contributed by atoms with Gasteiger partial charge in [-0.25, -0.2) is 0 Å². The number of amides is 1. The molecule has 2 fully saturated rings. The summed E-state index contributed by atoms with van der Waals surface area (Å²) in [5, 5.41) is 0. The van der Waals surface area contributed by atoms with Crippen molar-refractivity contribution in [3.05, 3.63) is 53.1 Å². The molecule has 0 saturated carbocycles. The van der Waals surface area contributed by atoms with Gasteiger partial charge in [-0.2, -0.15) is 0 Å². The number of fused-ring (bicyclic) bond motifs is 1. The molecule has 3 aliphatic rings. The van der Waals surface area contributed by atoms with Crippen molar-refractivity contribution in [3.8, 4) is 0 Å². The average molecular weight is 466 g/mol. The molecule has 2 saturated heterocycles. The Labute approximate surface area is 204 Å². The van der Waals surface area contributed by atoms with Crippen molar-refractivity contribution in [1.29, 1.82) is 0 Å². The molecule has 0 aliphatic carbocycles. The van der Waals surface area contributed by atoms with E-state index in [9.17, 15) is 4.79 Å². The van der Waals surface area contributed by atoms with Crippen LogP contribution < -0.4 is 4.90 Å². The van der Waals surface area contributed by atoms with Crippen LogP contribution in [0, 0.1) is 0 Å². The lowest BCUT2D eigenvalue weighted by Gasteiger charge is -2.39. The summed E-state index contributed by atoms with van der Waals surface area (Å²) in [5.41, 5.74) is 5.92. The molecule has 2 aromatic heterocycles. The second-order valence-electron chi connectivity index (χ2n) is 10.3. The van der Waals surface area contributed by atoms with Gasteiger partial charge in [-0.3, -0.25) is 24.6 Å². The number of nitrogens with zero attached hydrogens (tertiary/aromatic N) is 5. The van der Waals surface area contributed by atoms with Crippen LogP contribution in [0.3, 0.4) is 0 Å². The Bertz CT molecular complexity index is 971. The quantitative estimate of drug-likeness (QED) is 0.689. The molecule has 7 nitrogen and oxygen atoms in total. The molecule has 0 aromatic carbocycles. The SMILES string of the molecule is CC(C)c1ccc(N2CCN(C)CC2=O)cn1.CC(C)c1ccc2c(n1)CCN(C1COC1)C2. The Morgan fingerprint density at radius 1 is 0.941 bits per heavy atom. The number of ether oxygens (including phenoxy) is 1. The molecular formula is C27H39N5O2. The largest absolute Gasteiger partial charge is 0.378 e. The van der Waals surface area contributed by atoms with Crippen molar-refractivity contribution in [2.45, 2.75) is 58.5 Å². The molecule has 184 valence electrons. The van der Waals surface area contributed by atoms with Gasteiger partial charge in [-0.15, -0.1) is 0 Å². The highest BCUT2D eigenvalue weighted by Gasteiger charge is 2.29. The molecule has 0 N–H and O–H groups in total. The Hall–Kier alpha value is -2.35. The zero-order chi connectivity index (χ0) is 24.2. The van der Waals surface area contributed by atoms with Crippen LogP contribution in [0.1, 0.15) is 62.2 Å². The monoisotopic (exact) mass is 465 g/mol. The van der Waals surface area contributed by atoms with Gasteiger partial charge >= 0.3 is 0 Å². The maximum atomic E-state index is 11.9. The Morgan fingerprint density at radius 2 is 1.68 bits per heavy atom. The number of carbonyl (C=O) groups is 1. The first-order valence-corrected chi connectivity index (χ1v) is 12.6. The highest BCUT2D eigenvalue weighted by Crippen LogP contribution is 2.24. The van der Waals surface area contributed by atoms with Crippen molar-refractivity contribution in [2.24, 2.45) is 0 Å². The summed E-state index contributed by atoms with van der Waals surface area (Å²) in [4.78, 5) is 27.5. The van der Waals surface area contributed by atoms with Gasteiger partial charge in [0.05, 0.1) is 37.7 Å². The van der Waals surface area contributed by atoms with Crippen molar-refractivity contribution in [1.82, 2.24) is 19.8 Å². The van der Waals surface area contributed by atoms with Gasteiger partial charge in [-0.05, 0) is 42.6 Å². The number of carbonyl (C=O) groups excluding carboxylic acids is 1. The first kappa shape index (κ1) is 24.8. The maximum Gasteiger partial charge on any atom is 0.241 e. The third-order valence-electron chi connectivity index (χ3n) is 6.91. The third kappa shape index (κ3) is 5.82. The van der Waals surface area contributed by atoms with Crippen LogP contribution in [0.15, 0.2) is 30.5 Å². The van der Waals surface area contributed by atoms with Crippen LogP contribution in [-0.4, -0.2) is 78.2 Å². The van der Waals surface area contributed by atoms with E-state index in [1.165, 1.54) is 17.0 Å². The lowest BCUT2D eigenvalue weighted by Crippen LogP contribution is -2.50. The molecule has 3 aliphatic heterocycles. The maximum absolute atomic E-state index is 11.9. The van der Waals surface area contributed by atoms with E-state index < -0.39 is 0 Å². The van der Waals surface area contributed by atoms with Gasteiger partial charge in [0.25, 0.3) is 0 Å². The Balaban J connectivity index is 0.000000161. The summed E-state index contributed by atoms with van der Waals surface area (Å²) in [6, 6.07) is 9.10. The fourth-order valence-electron chi connectivity index (χ4n) is 4.48. The number of aromatic nitrogens is 2. The van der Waals surface area contributed by atoms with E-state index in [1.807, 2.05) is 29.0 Å². The minimum Gasteiger partial charge on any atom is -0.378 e. The number of piperazine rings is 1. The second kappa shape index (κ2) is 10.9. The molecule has 7 heteroatoms. The van der Waals surface area contributed by atoms with Gasteiger partial charge in [0.1, 0.15) is 0 Å². The zero-order valence-electron chi connectivity index (χ0n) is 21.3. The predicted octanol–water partition coefficient (Wildman–Crippen LogP) is 3.45. The van der Waals surface area contributed by atoms with E-state index >= 15 is 0 Å². The number of likely N-dealkylation sites (N-methyl/N-ethyl adjacent to an activating group) is 1. The van der Waals surface area contributed by atoms with Crippen LogP contribution in [0.5, 0.6) is 0 Å². The van der Waals surface area contributed by atoms with Crippen LogP contribution >= 0.6 is 0 Å². The Kier molecular flexibility index (Phi) is 7.96. The van der Waals surface area contributed by atoms with Crippen LogP contribution in [0.4, 0.5) is 5.69 Å². The summed E-state index contributed by atoms with van der Waals surface area (Å²) in [6.07, 6.45) is 2.89. The highest BCUT2D eigenvalue weighted by atomic mass is 16.5. The van der Waals surface area contributed by atoms with Gasteiger partial charge < -0.3 is 9.64 Å². The molecule has 0 bridgehead atoms. The number of rotatable bonds is 4. The van der Waals surface area contributed by atoms with E-state index in [2.05, 4.69) is 49.7 Å². The van der Waals surface area contributed by atoms with E-state index in [0.717, 1.165) is 57.2 Å². The first-order valence-electron chi connectivity index (χ1n) is 12.6. The van der Waals surface area contributed by atoms with Crippen molar-refractivity contribution < 1.29 is 9.53 Å². The molecule has 0 unspecified atom stereocenters. The third-order valence-corrected chi connectivity index (χ3v) is 6.91. The first-order chi connectivity index (χ1) is 16.3. The normalized spacial score (nSPS) is 19.6. The van der Waals surface area contributed by atoms with Gasteiger partial charge in [0.15, 0.2) is 0 Å². The molecule has 34 heavy (non-hydrogen) atoms. The molecular weight excluding hydrogens is 426 g/mol. The predicted molar refractivity (Wildman–Crippen MR) is 135 cm³/mol. The zero-order valence-corrected chi connectivity index (χ0v) is 21.3. The minimum atomic E-state index is 0.151. The van der Waals surface area contributed by atoms with Gasteiger partial charge in [0, 0.05) is 49.7 Å². The standard InChI is InChI=1S/C14H20N2O.C13H19N3O/c1-10(2)13-4-3-11-7-16(12-8-17-9-12)6-5-14(11)15-13;1-10(2)12-5-4-11(8-14-12)16-7-6-15(3)9-13(16)17/h3-4,10,12H,5-9H2,1-2H3;4-5,8,10H,6-7,9H2,1-3H3. The van der Waals surface area contributed by atoms with Crippen molar-refractivity contribution in [3.63, 3.8) is 0 Å². The number of hydrogen-bond donors (Lipinski definition) is 0. The van der Waals surface area contributed by atoms with Gasteiger partial charge in [0.2, 0.25) is 5.91 Å². The summed E-state index contributed by atoms with van der Waals surface area (Å²) in [7, 11) is 1.97. The van der Waals surface area contributed by atoms with Crippen LogP contribution in [0.25, 0.3) is 0 Å². The molecule has 5 rings (SSSR count). The number of pyridine rings is 2. The lowest BCUT2D eigenvalue weighted by molar-refractivity contribution is -0.120. The van der Waals surface area contributed by atoms with Crippen molar-refractivity contribution in [2.75, 3.05) is 51.3 Å². The van der Waals surface area contributed by atoms with E-state index in [0.29, 0.717) is 24.4 Å². The smallest absolute Gasteiger partial charge is 0.241 e. The topological polar surface area (TPSA) is 61.8 Å². The van der Waals surface area contributed by atoms with E-state index in [1.54, 1.807) is 6.20 Å². The summed E-state index contributed by atoms with van der Waals surface area (Å²) in [6.45, 7) is 14.8. The fraction of sp³-hybridized carbons (Fsp3) is 0.593. The van der Waals surface area contributed by atoms with E-state index in [4.69, 9.17) is 9.72 Å². The lowest BCUT2D eigenvalue weighted by atomic mass is 10.0. The fourth-order valence-corrected chi connectivity index (χ4v) is 4.48. The number of anilines is 1. The van der Waals surface area contributed by atoms with E-state index in [-0.39, 0.29) is 5.91 Å². The molecule has 0 atom stereocenters. The second-order valence-corrected chi connectivity index (χ2v) is 10.3.